The monoisotopic (exact) mass is 289 g/mol. The second kappa shape index (κ2) is 7.78. The second-order valence-electron chi connectivity index (χ2n) is 3.85. The van der Waals surface area contributed by atoms with Crippen LogP contribution in [0.5, 0.6) is 0 Å². The summed E-state index contributed by atoms with van der Waals surface area (Å²) >= 11 is 1.63. The quantitative estimate of drug-likeness (QED) is 0.710. The molecule has 0 radical (unpaired) electrons. The molecule has 0 saturated carbocycles. The molecule has 0 unspecified atom stereocenters. The van der Waals surface area contributed by atoms with Crippen LogP contribution < -0.4 is 4.72 Å². The Bertz CT molecular complexity index is 460. The maximum absolute atomic E-state index is 12.0. The highest BCUT2D eigenvalue weighted by molar-refractivity contribution is 7.99. The van der Waals surface area contributed by atoms with Crippen LogP contribution in [-0.4, -0.2) is 38.2 Å². The van der Waals surface area contributed by atoms with Gasteiger partial charge in [0.25, 0.3) is 0 Å². The van der Waals surface area contributed by atoms with Crippen molar-refractivity contribution >= 4 is 21.8 Å². The number of aliphatic hydroxyl groups is 1. The van der Waals surface area contributed by atoms with Crippen molar-refractivity contribution in [3.05, 3.63) is 29.8 Å². The molecule has 2 N–H and O–H groups in total. The minimum atomic E-state index is -3.40. The zero-order chi connectivity index (χ0) is 13.4. The van der Waals surface area contributed by atoms with Crippen molar-refractivity contribution in [1.82, 2.24) is 4.72 Å². The third-order valence-corrected chi connectivity index (χ3v) is 5.06. The Kier molecular flexibility index (Phi) is 6.70. The molecule has 0 aromatic heterocycles. The fraction of sp³-hybridized carbons (Fsp3) is 0.500. The topological polar surface area (TPSA) is 66.4 Å². The van der Waals surface area contributed by atoms with Crippen molar-refractivity contribution in [3.63, 3.8) is 0 Å². The number of nitrogens with one attached hydrogen (secondary N) is 1. The van der Waals surface area contributed by atoms with E-state index in [-0.39, 0.29) is 6.61 Å². The lowest BCUT2D eigenvalue weighted by molar-refractivity contribution is 0.296. The number of hydrogen-bond donors (Lipinski definition) is 2. The number of aliphatic hydroxyl groups excluding tert-OH is 1. The van der Waals surface area contributed by atoms with Crippen molar-refractivity contribution in [2.75, 3.05) is 24.7 Å². The molecule has 0 aliphatic heterocycles. The van der Waals surface area contributed by atoms with Crippen molar-refractivity contribution in [2.45, 2.75) is 18.2 Å². The van der Waals surface area contributed by atoms with Gasteiger partial charge >= 0.3 is 0 Å². The highest BCUT2D eigenvalue weighted by Crippen LogP contribution is 2.13. The maximum atomic E-state index is 12.0. The van der Waals surface area contributed by atoms with Gasteiger partial charge < -0.3 is 5.11 Å². The average Bonchev–Trinajstić information content (AvgIpc) is 2.34. The van der Waals surface area contributed by atoms with Crippen LogP contribution in [-0.2, 0) is 10.0 Å². The summed E-state index contributed by atoms with van der Waals surface area (Å²) in [4.78, 5) is 0.338. The van der Waals surface area contributed by atoms with Crippen LogP contribution in [0, 0.1) is 6.92 Å². The lowest BCUT2D eigenvalue weighted by Gasteiger charge is -2.08. The predicted molar refractivity (Wildman–Crippen MR) is 75.4 cm³/mol. The first-order chi connectivity index (χ1) is 8.58. The molecule has 0 fully saturated rings. The lowest BCUT2D eigenvalue weighted by atomic mass is 10.2. The predicted octanol–water partition coefficient (Wildman–Crippen LogP) is 1.39. The SMILES string of the molecule is Cc1ccccc1S(=O)(=O)NCCSCCCO. The molecule has 0 heterocycles. The van der Waals surface area contributed by atoms with E-state index < -0.39 is 10.0 Å². The standard InChI is InChI=1S/C12H19NO3S2/c1-11-5-2-3-6-12(11)18(15,16)13-7-10-17-9-4-8-14/h2-3,5-6,13-14H,4,7-10H2,1H3. The molecule has 0 atom stereocenters. The zero-order valence-corrected chi connectivity index (χ0v) is 12.1. The van der Waals surface area contributed by atoms with Crippen LogP contribution in [0.4, 0.5) is 0 Å². The fourth-order valence-electron chi connectivity index (χ4n) is 1.45. The maximum Gasteiger partial charge on any atom is 0.240 e. The van der Waals surface area contributed by atoms with Crippen LogP contribution in [0.3, 0.4) is 0 Å². The summed E-state index contributed by atoms with van der Waals surface area (Å²) < 4.78 is 26.5. The number of thioether (sulfide) groups is 1. The largest absolute Gasteiger partial charge is 0.396 e. The summed E-state index contributed by atoms with van der Waals surface area (Å²) in [6, 6.07) is 6.93. The highest BCUT2D eigenvalue weighted by atomic mass is 32.2. The number of rotatable bonds is 8. The van der Waals surface area contributed by atoms with Crippen molar-refractivity contribution < 1.29 is 13.5 Å². The van der Waals surface area contributed by atoms with Gasteiger partial charge in [0.1, 0.15) is 0 Å². The molecule has 0 aliphatic rings. The van der Waals surface area contributed by atoms with E-state index in [2.05, 4.69) is 4.72 Å². The highest BCUT2D eigenvalue weighted by Gasteiger charge is 2.14. The molecule has 1 rings (SSSR count). The van der Waals surface area contributed by atoms with Gasteiger partial charge in [-0.15, -0.1) is 0 Å². The Morgan fingerprint density at radius 2 is 2.00 bits per heavy atom. The summed E-state index contributed by atoms with van der Waals surface area (Å²) in [5.41, 5.74) is 0.748. The molecule has 18 heavy (non-hydrogen) atoms. The number of benzene rings is 1. The Morgan fingerprint density at radius 3 is 2.67 bits per heavy atom. The molecule has 0 bridgehead atoms. The normalized spacial score (nSPS) is 11.7. The van der Waals surface area contributed by atoms with E-state index in [1.165, 1.54) is 0 Å². The van der Waals surface area contributed by atoms with E-state index in [1.54, 1.807) is 36.9 Å². The summed E-state index contributed by atoms with van der Waals surface area (Å²) in [6.45, 7) is 2.37. The first-order valence-electron chi connectivity index (χ1n) is 5.82. The van der Waals surface area contributed by atoms with Gasteiger partial charge in [-0.2, -0.15) is 11.8 Å². The van der Waals surface area contributed by atoms with Crippen LogP contribution >= 0.6 is 11.8 Å². The van der Waals surface area contributed by atoms with E-state index in [0.717, 1.165) is 17.7 Å². The first kappa shape index (κ1) is 15.5. The summed E-state index contributed by atoms with van der Waals surface area (Å²) in [5.74, 6) is 1.56. The molecule has 0 amide bonds. The second-order valence-corrected chi connectivity index (χ2v) is 6.81. The number of sulfonamides is 1. The molecule has 1 aromatic carbocycles. The molecule has 0 saturated heterocycles. The van der Waals surface area contributed by atoms with Gasteiger partial charge in [0.2, 0.25) is 10.0 Å². The van der Waals surface area contributed by atoms with Crippen LogP contribution in [0.2, 0.25) is 0 Å². The molecule has 0 aliphatic carbocycles. The third kappa shape index (κ3) is 4.97. The summed E-state index contributed by atoms with van der Waals surface area (Å²) in [5, 5.41) is 8.61. The van der Waals surface area contributed by atoms with E-state index in [0.29, 0.717) is 17.2 Å². The Balaban J connectivity index is 2.44. The van der Waals surface area contributed by atoms with Crippen molar-refractivity contribution in [1.29, 1.82) is 0 Å². The minimum absolute atomic E-state index is 0.182. The summed E-state index contributed by atoms with van der Waals surface area (Å²) in [7, 11) is -3.40. The average molecular weight is 289 g/mol. The Morgan fingerprint density at radius 1 is 1.28 bits per heavy atom. The van der Waals surface area contributed by atoms with Crippen LogP contribution in [0.15, 0.2) is 29.2 Å². The number of hydrogen-bond acceptors (Lipinski definition) is 4. The van der Waals surface area contributed by atoms with Crippen molar-refractivity contribution in [3.8, 4) is 0 Å². The van der Waals surface area contributed by atoms with Crippen molar-refractivity contribution in [2.24, 2.45) is 0 Å². The Labute approximate surface area is 113 Å². The van der Waals surface area contributed by atoms with Gasteiger partial charge in [0.05, 0.1) is 4.90 Å². The zero-order valence-electron chi connectivity index (χ0n) is 10.4. The third-order valence-electron chi connectivity index (χ3n) is 2.37. The van der Waals surface area contributed by atoms with Gasteiger partial charge in [-0.1, -0.05) is 18.2 Å². The first-order valence-corrected chi connectivity index (χ1v) is 8.45. The van der Waals surface area contributed by atoms with E-state index in [9.17, 15) is 8.42 Å². The van der Waals surface area contributed by atoms with Crippen LogP contribution in [0.25, 0.3) is 0 Å². The van der Waals surface area contributed by atoms with Gasteiger partial charge in [0, 0.05) is 18.9 Å². The van der Waals surface area contributed by atoms with Gasteiger partial charge in [0.15, 0.2) is 0 Å². The molecule has 0 spiro atoms. The van der Waals surface area contributed by atoms with E-state index in [4.69, 9.17) is 5.11 Å². The molecular formula is C12H19NO3S2. The minimum Gasteiger partial charge on any atom is -0.396 e. The van der Waals surface area contributed by atoms with Gasteiger partial charge in [-0.05, 0) is 30.7 Å². The Hall–Kier alpha value is -0.560. The lowest BCUT2D eigenvalue weighted by Crippen LogP contribution is -2.26. The molecular weight excluding hydrogens is 270 g/mol. The summed E-state index contributed by atoms with van der Waals surface area (Å²) in [6.07, 6.45) is 0.745. The molecule has 102 valence electrons. The smallest absolute Gasteiger partial charge is 0.240 e. The molecule has 1 aromatic rings. The van der Waals surface area contributed by atoms with Gasteiger partial charge in [-0.3, -0.25) is 0 Å². The molecule has 4 nitrogen and oxygen atoms in total. The molecule has 6 heteroatoms. The van der Waals surface area contributed by atoms with Crippen LogP contribution in [0.1, 0.15) is 12.0 Å². The van der Waals surface area contributed by atoms with E-state index in [1.807, 2.05) is 6.07 Å². The fourth-order valence-corrected chi connectivity index (χ4v) is 3.64. The van der Waals surface area contributed by atoms with Gasteiger partial charge in [-0.25, -0.2) is 13.1 Å². The number of aryl methyl sites for hydroxylation is 1. The van der Waals surface area contributed by atoms with E-state index >= 15 is 0 Å².